The molecule has 1 aromatic heterocycles. The minimum atomic E-state index is 0.675. The first-order valence-corrected chi connectivity index (χ1v) is 6.56. The fourth-order valence-electron chi connectivity index (χ4n) is 1.99. The molecule has 96 valence electrons. The standard InChI is InChI=1S/C14H12BrN3O/c1-19-8-5-6-11-12(7-8)18-14(17-11)9-3-2-4-10(15)13(9)16/h2-7H,16H2,1H3,(H,17,18). The molecule has 0 spiro atoms. The highest BCUT2D eigenvalue weighted by Gasteiger charge is 2.10. The Morgan fingerprint density at radius 3 is 2.89 bits per heavy atom. The Labute approximate surface area is 118 Å². The number of H-pyrrole nitrogens is 1. The molecule has 1 heterocycles. The van der Waals surface area contributed by atoms with Crippen LogP contribution in [-0.4, -0.2) is 17.1 Å². The van der Waals surface area contributed by atoms with Crippen LogP contribution in [0.3, 0.4) is 0 Å². The molecule has 0 unspecified atom stereocenters. The van der Waals surface area contributed by atoms with E-state index in [1.807, 2.05) is 36.4 Å². The number of nitrogen functional groups attached to an aromatic ring is 1. The molecule has 0 saturated carbocycles. The number of nitrogens with zero attached hydrogens (tertiary/aromatic N) is 1. The monoisotopic (exact) mass is 317 g/mol. The lowest BCUT2D eigenvalue weighted by atomic mass is 10.2. The van der Waals surface area contributed by atoms with Crippen molar-refractivity contribution >= 4 is 32.7 Å². The molecule has 0 aliphatic carbocycles. The molecule has 0 bridgehead atoms. The third-order valence-electron chi connectivity index (χ3n) is 3.00. The van der Waals surface area contributed by atoms with Crippen LogP contribution in [-0.2, 0) is 0 Å². The highest BCUT2D eigenvalue weighted by atomic mass is 79.9. The molecule has 5 heteroatoms. The number of hydrogen-bond acceptors (Lipinski definition) is 3. The number of nitrogens with two attached hydrogens (primary N) is 1. The van der Waals surface area contributed by atoms with Gasteiger partial charge in [-0.3, -0.25) is 0 Å². The molecule has 19 heavy (non-hydrogen) atoms. The summed E-state index contributed by atoms with van der Waals surface area (Å²) in [5.41, 5.74) is 9.42. The van der Waals surface area contributed by atoms with Gasteiger partial charge in [-0.25, -0.2) is 4.98 Å². The highest BCUT2D eigenvalue weighted by molar-refractivity contribution is 9.10. The molecule has 0 amide bonds. The van der Waals surface area contributed by atoms with Gasteiger partial charge in [-0.2, -0.15) is 0 Å². The van der Waals surface area contributed by atoms with Crippen molar-refractivity contribution in [2.45, 2.75) is 0 Å². The topological polar surface area (TPSA) is 63.9 Å². The first-order chi connectivity index (χ1) is 9.19. The maximum absolute atomic E-state index is 6.06. The second-order valence-electron chi connectivity index (χ2n) is 4.17. The van der Waals surface area contributed by atoms with Gasteiger partial charge >= 0.3 is 0 Å². The predicted octanol–water partition coefficient (Wildman–Crippen LogP) is 3.58. The normalized spacial score (nSPS) is 10.8. The van der Waals surface area contributed by atoms with Crippen LogP contribution in [0.5, 0.6) is 5.75 Å². The van der Waals surface area contributed by atoms with Gasteiger partial charge < -0.3 is 15.5 Å². The van der Waals surface area contributed by atoms with Crippen molar-refractivity contribution in [1.29, 1.82) is 0 Å². The fourth-order valence-corrected chi connectivity index (χ4v) is 2.35. The predicted molar refractivity (Wildman–Crippen MR) is 80.2 cm³/mol. The van der Waals surface area contributed by atoms with Gasteiger partial charge in [0, 0.05) is 16.1 Å². The second kappa shape index (κ2) is 4.59. The zero-order valence-corrected chi connectivity index (χ0v) is 11.9. The Morgan fingerprint density at radius 2 is 2.11 bits per heavy atom. The van der Waals surface area contributed by atoms with E-state index >= 15 is 0 Å². The van der Waals surface area contributed by atoms with Gasteiger partial charge in [0.2, 0.25) is 0 Å². The van der Waals surface area contributed by atoms with Crippen LogP contribution in [0.2, 0.25) is 0 Å². The van der Waals surface area contributed by atoms with Crippen molar-refractivity contribution in [2.75, 3.05) is 12.8 Å². The number of methoxy groups -OCH3 is 1. The summed E-state index contributed by atoms with van der Waals surface area (Å²) in [6, 6.07) is 11.5. The van der Waals surface area contributed by atoms with Crippen LogP contribution in [0.15, 0.2) is 40.9 Å². The van der Waals surface area contributed by atoms with Crippen molar-refractivity contribution in [3.8, 4) is 17.1 Å². The van der Waals surface area contributed by atoms with Crippen molar-refractivity contribution < 1.29 is 4.74 Å². The molecule has 3 N–H and O–H groups in total. The van der Waals surface area contributed by atoms with Crippen LogP contribution < -0.4 is 10.5 Å². The van der Waals surface area contributed by atoms with Gasteiger partial charge in [-0.15, -0.1) is 0 Å². The van der Waals surface area contributed by atoms with Crippen LogP contribution in [0.25, 0.3) is 22.4 Å². The lowest BCUT2D eigenvalue weighted by molar-refractivity contribution is 0.415. The molecule has 0 saturated heterocycles. The van der Waals surface area contributed by atoms with E-state index in [2.05, 4.69) is 25.9 Å². The minimum absolute atomic E-state index is 0.675. The molecule has 3 aromatic rings. The zero-order chi connectivity index (χ0) is 13.4. The Balaban J connectivity index is 2.18. The number of rotatable bonds is 2. The smallest absolute Gasteiger partial charge is 0.140 e. The Morgan fingerprint density at radius 1 is 1.26 bits per heavy atom. The number of anilines is 1. The quantitative estimate of drug-likeness (QED) is 0.710. The Bertz CT molecular complexity index is 752. The lowest BCUT2D eigenvalue weighted by Gasteiger charge is -2.03. The van der Waals surface area contributed by atoms with E-state index in [0.29, 0.717) is 5.69 Å². The zero-order valence-electron chi connectivity index (χ0n) is 10.3. The number of benzene rings is 2. The minimum Gasteiger partial charge on any atom is -0.497 e. The van der Waals surface area contributed by atoms with Gasteiger partial charge in [-0.1, -0.05) is 6.07 Å². The van der Waals surface area contributed by atoms with E-state index in [0.717, 1.165) is 32.6 Å². The van der Waals surface area contributed by atoms with E-state index in [4.69, 9.17) is 10.5 Å². The SMILES string of the molecule is COc1ccc2nc(-c3cccc(Br)c3N)[nH]c2c1. The van der Waals surface area contributed by atoms with Crippen LogP contribution >= 0.6 is 15.9 Å². The molecular formula is C14H12BrN3O. The summed E-state index contributed by atoms with van der Waals surface area (Å²) >= 11 is 3.42. The summed E-state index contributed by atoms with van der Waals surface area (Å²) in [5.74, 6) is 1.55. The van der Waals surface area contributed by atoms with E-state index in [1.54, 1.807) is 7.11 Å². The number of aromatic nitrogens is 2. The second-order valence-corrected chi connectivity index (χ2v) is 5.02. The number of para-hydroxylation sites is 1. The van der Waals surface area contributed by atoms with Gasteiger partial charge in [0.1, 0.15) is 11.6 Å². The molecule has 4 nitrogen and oxygen atoms in total. The van der Waals surface area contributed by atoms with Crippen LogP contribution in [0, 0.1) is 0 Å². The number of hydrogen-bond donors (Lipinski definition) is 2. The van der Waals surface area contributed by atoms with Gasteiger partial charge in [0.25, 0.3) is 0 Å². The van der Waals surface area contributed by atoms with Crippen molar-refractivity contribution in [3.05, 3.63) is 40.9 Å². The third-order valence-corrected chi connectivity index (χ3v) is 3.69. The first-order valence-electron chi connectivity index (χ1n) is 5.77. The summed E-state index contributed by atoms with van der Waals surface area (Å²) in [6.07, 6.45) is 0. The van der Waals surface area contributed by atoms with Gasteiger partial charge in [0.15, 0.2) is 0 Å². The molecule has 2 aromatic carbocycles. The molecule has 0 fully saturated rings. The van der Waals surface area contributed by atoms with Crippen LogP contribution in [0.1, 0.15) is 0 Å². The number of aromatic amines is 1. The largest absolute Gasteiger partial charge is 0.497 e. The average molecular weight is 318 g/mol. The number of halogens is 1. The molecule has 0 radical (unpaired) electrons. The van der Waals surface area contributed by atoms with Crippen molar-refractivity contribution in [2.24, 2.45) is 0 Å². The van der Waals surface area contributed by atoms with E-state index < -0.39 is 0 Å². The Kier molecular flexibility index (Phi) is 2.91. The van der Waals surface area contributed by atoms with Crippen LogP contribution in [0.4, 0.5) is 5.69 Å². The average Bonchev–Trinajstić information content (AvgIpc) is 2.84. The van der Waals surface area contributed by atoms with Crippen molar-refractivity contribution in [3.63, 3.8) is 0 Å². The number of fused-ring (bicyclic) bond motifs is 1. The lowest BCUT2D eigenvalue weighted by Crippen LogP contribution is -1.92. The van der Waals surface area contributed by atoms with Gasteiger partial charge in [0.05, 0.1) is 23.8 Å². The highest BCUT2D eigenvalue weighted by Crippen LogP contribution is 2.31. The molecule has 0 atom stereocenters. The molecule has 0 aliphatic rings. The third kappa shape index (κ3) is 2.06. The summed E-state index contributed by atoms with van der Waals surface area (Å²) in [4.78, 5) is 7.81. The fraction of sp³-hybridized carbons (Fsp3) is 0.0714. The van der Waals surface area contributed by atoms with E-state index in [9.17, 15) is 0 Å². The molecule has 0 aliphatic heterocycles. The van der Waals surface area contributed by atoms with Crippen molar-refractivity contribution in [1.82, 2.24) is 9.97 Å². The number of imidazole rings is 1. The Hall–Kier alpha value is -2.01. The summed E-state index contributed by atoms with van der Waals surface area (Å²) in [6.45, 7) is 0. The summed E-state index contributed by atoms with van der Waals surface area (Å²) < 4.78 is 6.06. The molecule has 3 rings (SSSR count). The van der Waals surface area contributed by atoms with E-state index in [1.165, 1.54) is 0 Å². The maximum atomic E-state index is 6.06. The summed E-state index contributed by atoms with van der Waals surface area (Å²) in [5, 5.41) is 0. The number of nitrogens with one attached hydrogen (secondary N) is 1. The first kappa shape index (κ1) is 12.0. The number of ether oxygens (including phenoxy) is 1. The maximum Gasteiger partial charge on any atom is 0.140 e. The molecular weight excluding hydrogens is 306 g/mol. The van der Waals surface area contributed by atoms with Gasteiger partial charge in [-0.05, 0) is 40.2 Å². The summed E-state index contributed by atoms with van der Waals surface area (Å²) in [7, 11) is 1.64. The van der Waals surface area contributed by atoms with E-state index in [-0.39, 0.29) is 0 Å².